The first-order valence-electron chi connectivity index (χ1n) is 20.0. The Bertz CT molecular complexity index is 2950. The molecular weight excluding hydrogens is 703 g/mol. The van der Waals surface area contributed by atoms with Crippen LogP contribution in [0.5, 0.6) is 0 Å². The predicted molar refractivity (Wildman–Crippen MR) is 246 cm³/mol. The first-order chi connectivity index (χ1) is 28.7. The average molecular weight is 744 g/mol. The summed E-state index contributed by atoms with van der Waals surface area (Å²) in [7, 11) is 0. The van der Waals surface area contributed by atoms with Crippen molar-refractivity contribution in [3.05, 3.63) is 235 Å². The number of anilines is 3. The average Bonchev–Trinajstić information content (AvgIpc) is 3.71. The van der Waals surface area contributed by atoms with Gasteiger partial charge in [0.05, 0.1) is 5.69 Å². The topological polar surface area (TPSA) is 16.4 Å². The highest BCUT2D eigenvalue weighted by Gasteiger charge is 2.23. The van der Waals surface area contributed by atoms with Crippen LogP contribution in [0.3, 0.4) is 0 Å². The van der Waals surface area contributed by atoms with Crippen LogP contribution in [0.25, 0.3) is 66.8 Å². The van der Waals surface area contributed by atoms with Crippen molar-refractivity contribution in [1.29, 1.82) is 0 Å². The molecule has 0 bridgehead atoms. The molecule has 0 saturated carbocycles. The van der Waals surface area contributed by atoms with E-state index in [1.54, 1.807) is 0 Å². The van der Waals surface area contributed by atoms with Crippen LogP contribution in [0, 0.1) is 0 Å². The zero-order valence-electron chi connectivity index (χ0n) is 32.2. The fourth-order valence-corrected chi connectivity index (χ4v) is 8.51. The van der Waals surface area contributed by atoms with Crippen molar-refractivity contribution in [2.24, 2.45) is 0 Å². The summed E-state index contributed by atoms with van der Waals surface area (Å²) in [5.74, 6) is 0.791. The second-order valence-corrected chi connectivity index (χ2v) is 14.8. The molecule has 0 fully saturated rings. The van der Waals surface area contributed by atoms with Gasteiger partial charge in [-0.3, -0.25) is 0 Å². The fourth-order valence-electron chi connectivity index (χ4n) is 8.51. The Balaban J connectivity index is 1.16. The van der Waals surface area contributed by atoms with E-state index in [1.807, 2.05) is 6.08 Å². The molecule has 10 rings (SSSR count). The van der Waals surface area contributed by atoms with Crippen molar-refractivity contribution >= 4 is 50.5 Å². The number of para-hydroxylation sites is 1. The molecule has 1 aromatic heterocycles. The van der Waals surface area contributed by atoms with Crippen LogP contribution in [-0.4, -0.2) is 0 Å². The first kappa shape index (κ1) is 35.0. The van der Waals surface area contributed by atoms with E-state index < -0.39 is 0 Å². The van der Waals surface area contributed by atoms with E-state index in [1.165, 1.54) is 38.8 Å². The summed E-state index contributed by atoms with van der Waals surface area (Å²) in [5, 5.41) is 3.41. The third kappa shape index (κ3) is 6.55. The van der Waals surface area contributed by atoms with E-state index in [-0.39, 0.29) is 0 Å². The van der Waals surface area contributed by atoms with Gasteiger partial charge in [-0.25, -0.2) is 0 Å². The van der Waals surface area contributed by atoms with Crippen LogP contribution >= 0.6 is 0 Å². The van der Waals surface area contributed by atoms with Gasteiger partial charge in [0.15, 0.2) is 0 Å². The SMILES string of the molecule is C=C/C=C(\c1cc2cc3ccccc3cc2o1)c1ccccc1N(c1ccc(-c2cccc3c2C=CCC3)cc1)c1ccc(-c2ccccc2)c(-c2ccccc2)c1. The molecule has 8 aromatic carbocycles. The molecule has 1 aliphatic carbocycles. The van der Waals surface area contributed by atoms with Crippen LogP contribution in [0.15, 0.2) is 217 Å². The van der Waals surface area contributed by atoms with Crippen LogP contribution in [0.4, 0.5) is 17.1 Å². The lowest BCUT2D eigenvalue weighted by Gasteiger charge is -2.29. The predicted octanol–water partition coefficient (Wildman–Crippen LogP) is 15.6. The third-order valence-electron chi connectivity index (χ3n) is 11.3. The number of benzene rings is 8. The Labute approximate surface area is 340 Å². The van der Waals surface area contributed by atoms with Gasteiger partial charge in [-0.2, -0.15) is 0 Å². The first-order valence-corrected chi connectivity index (χ1v) is 20.0. The molecule has 9 aromatic rings. The van der Waals surface area contributed by atoms with Crippen LogP contribution in [-0.2, 0) is 6.42 Å². The lowest BCUT2D eigenvalue weighted by Crippen LogP contribution is -2.12. The van der Waals surface area contributed by atoms with Gasteiger partial charge in [-0.05, 0) is 117 Å². The molecule has 276 valence electrons. The van der Waals surface area contributed by atoms with Crippen LogP contribution in [0.1, 0.15) is 28.9 Å². The summed E-state index contributed by atoms with van der Waals surface area (Å²) < 4.78 is 6.70. The van der Waals surface area contributed by atoms with Gasteiger partial charge in [0.1, 0.15) is 11.3 Å². The van der Waals surface area contributed by atoms with E-state index >= 15 is 0 Å². The minimum absolute atomic E-state index is 0.791. The van der Waals surface area contributed by atoms with E-state index in [9.17, 15) is 0 Å². The van der Waals surface area contributed by atoms with Crippen LogP contribution in [0.2, 0.25) is 0 Å². The Morgan fingerprint density at radius 1 is 0.534 bits per heavy atom. The molecule has 1 heterocycles. The van der Waals surface area contributed by atoms with Gasteiger partial charge in [-0.15, -0.1) is 0 Å². The molecule has 58 heavy (non-hydrogen) atoms. The molecule has 0 atom stereocenters. The number of allylic oxidation sites excluding steroid dienone is 3. The monoisotopic (exact) mass is 743 g/mol. The largest absolute Gasteiger partial charge is 0.456 e. The number of furan rings is 1. The molecule has 0 radical (unpaired) electrons. The minimum Gasteiger partial charge on any atom is -0.456 e. The number of fused-ring (bicyclic) bond motifs is 3. The highest BCUT2D eigenvalue weighted by molar-refractivity contribution is 5.99. The zero-order valence-corrected chi connectivity index (χ0v) is 32.2. The number of hydrogen-bond acceptors (Lipinski definition) is 2. The van der Waals surface area contributed by atoms with Gasteiger partial charge in [0, 0.05) is 27.9 Å². The Morgan fingerprint density at radius 3 is 1.98 bits per heavy atom. The van der Waals surface area contributed by atoms with Crippen molar-refractivity contribution in [3.8, 4) is 33.4 Å². The summed E-state index contributed by atoms with van der Waals surface area (Å²) in [4.78, 5) is 2.38. The second-order valence-electron chi connectivity index (χ2n) is 14.8. The molecule has 0 N–H and O–H groups in total. The van der Waals surface area contributed by atoms with Crippen molar-refractivity contribution in [2.75, 3.05) is 4.90 Å². The van der Waals surface area contributed by atoms with Crippen molar-refractivity contribution in [3.63, 3.8) is 0 Å². The maximum absolute atomic E-state index is 6.70. The number of rotatable bonds is 9. The summed E-state index contributed by atoms with van der Waals surface area (Å²) in [5.41, 5.74) is 15.9. The van der Waals surface area contributed by atoms with Gasteiger partial charge < -0.3 is 9.32 Å². The Hall–Kier alpha value is -7.42. The summed E-state index contributed by atoms with van der Waals surface area (Å²) >= 11 is 0. The maximum atomic E-state index is 6.70. The molecule has 2 heteroatoms. The fraction of sp³-hybridized carbons (Fsp3) is 0.0357. The smallest absolute Gasteiger partial charge is 0.136 e. The quantitative estimate of drug-likeness (QED) is 0.137. The van der Waals surface area contributed by atoms with Crippen molar-refractivity contribution < 1.29 is 4.42 Å². The molecule has 0 spiro atoms. The minimum atomic E-state index is 0.791. The highest BCUT2D eigenvalue weighted by Crippen LogP contribution is 2.45. The maximum Gasteiger partial charge on any atom is 0.136 e. The van der Waals surface area contributed by atoms with Crippen LogP contribution < -0.4 is 4.90 Å². The molecule has 0 unspecified atom stereocenters. The number of nitrogens with zero attached hydrogens (tertiary/aromatic N) is 1. The standard InChI is InChI=1S/C56H41NO/c1-2-16-52(56-37-45-35-43-22-9-10-23-44(43)36-55(45)58-56)51-26-13-14-28-54(51)57(46-31-29-42(30-32-46)49-27-15-24-40-21-11-12-25-48(40)49)47-33-34-50(39-17-5-3-6-18-39)53(38-47)41-19-7-4-8-20-41/h2-10,12-20,22-38H,1,11,21H2/b52-16-. The van der Waals surface area contributed by atoms with Gasteiger partial charge in [-0.1, -0.05) is 170 Å². The highest BCUT2D eigenvalue weighted by atomic mass is 16.3. The van der Waals surface area contributed by atoms with Gasteiger partial charge in [0.2, 0.25) is 0 Å². The molecule has 0 aliphatic heterocycles. The Morgan fingerprint density at radius 2 is 1.21 bits per heavy atom. The molecule has 0 saturated heterocycles. The molecule has 0 amide bonds. The Kier molecular flexibility index (Phi) is 9.21. The number of hydrogen-bond donors (Lipinski definition) is 0. The van der Waals surface area contributed by atoms with Crippen molar-refractivity contribution in [1.82, 2.24) is 0 Å². The summed E-state index contributed by atoms with van der Waals surface area (Å²) in [6.45, 7) is 4.16. The van der Waals surface area contributed by atoms with Gasteiger partial charge >= 0.3 is 0 Å². The second kappa shape index (κ2) is 15.3. The van der Waals surface area contributed by atoms with E-state index in [4.69, 9.17) is 4.42 Å². The molecular formula is C56H41NO. The van der Waals surface area contributed by atoms with Crippen molar-refractivity contribution in [2.45, 2.75) is 12.8 Å². The molecule has 2 nitrogen and oxygen atoms in total. The van der Waals surface area contributed by atoms with E-state index in [2.05, 4.69) is 218 Å². The number of aryl methyl sites for hydroxylation is 1. The van der Waals surface area contributed by atoms with Gasteiger partial charge in [0.25, 0.3) is 0 Å². The summed E-state index contributed by atoms with van der Waals surface area (Å²) in [6.07, 6.45) is 10.7. The third-order valence-corrected chi connectivity index (χ3v) is 11.3. The lowest BCUT2D eigenvalue weighted by molar-refractivity contribution is 0.601. The lowest BCUT2D eigenvalue weighted by atomic mass is 9.90. The summed E-state index contributed by atoms with van der Waals surface area (Å²) in [6, 6.07) is 67.5. The zero-order chi connectivity index (χ0) is 38.8. The van der Waals surface area contributed by atoms with E-state index in [0.29, 0.717) is 0 Å². The normalized spacial score (nSPS) is 12.4. The van der Waals surface area contributed by atoms with E-state index in [0.717, 1.165) is 74.3 Å². The molecule has 1 aliphatic rings.